The van der Waals surface area contributed by atoms with E-state index < -0.39 is 0 Å². The third kappa shape index (κ3) is 3.68. The molecule has 4 N–H and O–H groups in total. The highest BCUT2D eigenvalue weighted by Crippen LogP contribution is 2.61. The maximum absolute atomic E-state index is 11.3. The first-order valence-electron chi connectivity index (χ1n) is 15.8. The Morgan fingerprint density at radius 3 is 1.33 bits per heavy atom. The van der Waals surface area contributed by atoms with E-state index >= 15 is 0 Å². The number of fused-ring (bicyclic) bond motifs is 10. The van der Waals surface area contributed by atoms with Crippen molar-refractivity contribution in [2.75, 3.05) is 0 Å². The Balaban J connectivity index is 1.06. The summed E-state index contributed by atoms with van der Waals surface area (Å²) in [6.07, 6.45) is 11.6. The van der Waals surface area contributed by atoms with Crippen molar-refractivity contribution in [3.05, 3.63) is 131 Å². The molecule has 0 amide bonds. The zero-order valence-electron chi connectivity index (χ0n) is 25.7. The van der Waals surface area contributed by atoms with Crippen LogP contribution in [0.4, 0.5) is 0 Å². The Labute approximate surface area is 263 Å². The van der Waals surface area contributed by atoms with E-state index in [4.69, 9.17) is 0 Å². The molecule has 4 aliphatic rings. The first-order valence-corrected chi connectivity index (χ1v) is 15.8. The summed E-state index contributed by atoms with van der Waals surface area (Å²) >= 11 is 0. The third-order valence-electron chi connectivity index (χ3n) is 11.0. The second-order valence-corrected chi connectivity index (χ2v) is 13.6. The van der Waals surface area contributed by atoms with Gasteiger partial charge in [0.25, 0.3) is 0 Å². The van der Waals surface area contributed by atoms with Gasteiger partial charge in [-0.1, -0.05) is 73.6 Å². The van der Waals surface area contributed by atoms with Crippen LogP contribution in [0.3, 0.4) is 0 Å². The lowest BCUT2D eigenvalue weighted by Crippen LogP contribution is -2.19. The second-order valence-electron chi connectivity index (χ2n) is 13.6. The zero-order valence-corrected chi connectivity index (χ0v) is 25.7. The number of hydrogen-bond donors (Lipinski definition) is 4. The maximum atomic E-state index is 11.3. The average Bonchev–Trinajstić information content (AvgIpc) is 3.86. The van der Waals surface area contributed by atoms with E-state index in [1.54, 1.807) is 9.13 Å². The molecule has 0 fully saturated rings. The molecule has 4 aromatic rings. The molecule has 8 rings (SSSR count). The molecule has 0 saturated heterocycles. The molecule has 4 atom stereocenters. The zero-order chi connectivity index (χ0) is 31.4. The molecule has 0 spiro atoms. The summed E-state index contributed by atoms with van der Waals surface area (Å²) in [7, 11) is 0. The standard InChI is InChI=1S/C39H38N2O4/c1-5-7-21-17-23-19-29(21)33-31(23)35(42)40(37(33)44)27-13-9-25(10-14-27)39(3,4)26-11-15-28(16-12-26)41-36(43)32-24-18-22(8-6-2)30(20-24)34(32)38(41)45/h5-6,9-18,23-24,29-30,42-45H,1-2,7-8,19-20H2,3-4H3. The van der Waals surface area contributed by atoms with Gasteiger partial charge in [0, 0.05) is 51.3 Å². The monoisotopic (exact) mass is 598 g/mol. The fourth-order valence-corrected chi connectivity index (χ4v) is 8.75. The van der Waals surface area contributed by atoms with Crippen molar-refractivity contribution in [3.8, 4) is 34.9 Å². The average molecular weight is 599 g/mol. The fourth-order valence-electron chi connectivity index (χ4n) is 8.75. The van der Waals surface area contributed by atoms with Crippen molar-refractivity contribution in [1.82, 2.24) is 9.13 Å². The minimum Gasteiger partial charge on any atom is -0.494 e. The lowest BCUT2D eigenvalue weighted by atomic mass is 9.78. The minimum absolute atomic E-state index is 0.120. The predicted molar refractivity (Wildman–Crippen MR) is 176 cm³/mol. The number of rotatable bonds is 8. The molecular weight excluding hydrogens is 560 g/mol. The molecule has 2 aromatic carbocycles. The van der Waals surface area contributed by atoms with Crippen LogP contribution in [0.15, 0.2) is 97.1 Å². The first-order chi connectivity index (χ1) is 21.6. The van der Waals surface area contributed by atoms with Crippen molar-refractivity contribution in [1.29, 1.82) is 0 Å². The van der Waals surface area contributed by atoms with Crippen LogP contribution in [-0.4, -0.2) is 29.6 Å². The number of aromatic nitrogens is 2. The van der Waals surface area contributed by atoms with Gasteiger partial charge in [-0.25, -0.2) is 0 Å². The van der Waals surface area contributed by atoms with E-state index in [2.05, 4.69) is 39.2 Å². The Bertz CT molecular complexity index is 1820. The van der Waals surface area contributed by atoms with Crippen LogP contribution in [0, 0.1) is 0 Å². The molecule has 0 aliphatic heterocycles. The van der Waals surface area contributed by atoms with E-state index in [-0.39, 0.29) is 52.6 Å². The predicted octanol–water partition coefficient (Wildman–Crippen LogP) is 8.59. The molecule has 4 unspecified atom stereocenters. The smallest absolute Gasteiger partial charge is 0.202 e. The van der Waals surface area contributed by atoms with Crippen molar-refractivity contribution in [2.24, 2.45) is 0 Å². The Morgan fingerprint density at radius 1 is 0.622 bits per heavy atom. The normalized spacial score (nSPS) is 22.4. The third-order valence-corrected chi connectivity index (χ3v) is 11.0. The Morgan fingerprint density at radius 2 is 0.978 bits per heavy atom. The molecule has 2 aromatic heterocycles. The number of allylic oxidation sites excluding steroid dienone is 6. The van der Waals surface area contributed by atoms with Crippen LogP contribution in [0.5, 0.6) is 23.5 Å². The van der Waals surface area contributed by atoms with Crippen molar-refractivity contribution >= 4 is 0 Å². The van der Waals surface area contributed by atoms with E-state index in [1.807, 2.05) is 60.7 Å². The van der Waals surface area contributed by atoms with Gasteiger partial charge in [-0.3, -0.25) is 9.13 Å². The SMILES string of the molecule is C=CCC1=CC2CC1c1c2c(O)n(-c2ccc(C(C)(C)c3ccc(-n4c(O)c5c(c4O)C4CC5C=C4CC=C)cc3)cc2)c1O. The maximum Gasteiger partial charge on any atom is 0.202 e. The van der Waals surface area contributed by atoms with Gasteiger partial charge in [0.2, 0.25) is 23.5 Å². The summed E-state index contributed by atoms with van der Waals surface area (Å²) in [4.78, 5) is 0. The molecule has 0 saturated carbocycles. The Kier molecular flexibility index (Phi) is 5.89. The van der Waals surface area contributed by atoms with Gasteiger partial charge in [0.05, 0.1) is 11.4 Å². The van der Waals surface area contributed by atoms with E-state index in [1.165, 1.54) is 11.1 Å². The van der Waals surface area contributed by atoms with Crippen molar-refractivity contribution < 1.29 is 20.4 Å². The number of nitrogens with zero attached hydrogens (tertiary/aromatic N) is 2. The summed E-state index contributed by atoms with van der Waals surface area (Å²) in [5.41, 5.74) is 9.17. The van der Waals surface area contributed by atoms with Crippen LogP contribution in [0.1, 0.15) is 96.6 Å². The molecule has 6 nitrogen and oxygen atoms in total. The lowest BCUT2D eigenvalue weighted by Gasteiger charge is -2.27. The molecule has 4 aliphatic carbocycles. The first kappa shape index (κ1) is 27.7. The largest absolute Gasteiger partial charge is 0.494 e. The lowest BCUT2D eigenvalue weighted by molar-refractivity contribution is 0.394. The van der Waals surface area contributed by atoms with Crippen molar-refractivity contribution in [2.45, 2.75) is 68.6 Å². The molecule has 45 heavy (non-hydrogen) atoms. The van der Waals surface area contributed by atoms with Crippen LogP contribution in [0.2, 0.25) is 0 Å². The van der Waals surface area contributed by atoms with Crippen LogP contribution < -0.4 is 0 Å². The molecule has 6 heteroatoms. The molecule has 228 valence electrons. The van der Waals surface area contributed by atoms with Gasteiger partial charge in [-0.15, -0.1) is 13.2 Å². The van der Waals surface area contributed by atoms with Gasteiger partial charge < -0.3 is 20.4 Å². The van der Waals surface area contributed by atoms with Crippen LogP contribution in [-0.2, 0) is 5.41 Å². The number of benzene rings is 2. The summed E-state index contributed by atoms with van der Waals surface area (Å²) in [5, 5.41) is 45.0. The van der Waals surface area contributed by atoms with Gasteiger partial charge in [0.15, 0.2) is 0 Å². The number of aromatic hydroxyl groups is 4. The summed E-state index contributed by atoms with van der Waals surface area (Å²) in [5.74, 6) is 1.01. The quantitative estimate of drug-likeness (QED) is 0.153. The van der Waals surface area contributed by atoms with Crippen molar-refractivity contribution in [3.63, 3.8) is 0 Å². The highest BCUT2D eigenvalue weighted by Gasteiger charge is 2.46. The van der Waals surface area contributed by atoms with Gasteiger partial charge >= 0.3 is 0 Å². The van der Waals surface area contributed by atoms with Gasteiger partial charge in [-0.2, -0.15) is 0 Å². The van der Waals surface area contributed by atoms with E-state index in [0.29, 0.717) is 11.4 Å². The van der Waals surface area contributed by atoms with Crippen LogP contribution in [0.25, 0.3) is 11.4 Å². The molecule has 4 bridgehead atoms. The second kappa shape index (κ2) is 9.58. The molecular formula is C39H38N2O4. The minimum atomic E-state index is -0.354. The topological polar surface area (TPSA) is 90.8 Å². The summed E-state index contributed by atoms with van der Waals surface area (Å²) in [6, 6.07) is 16.0. The fraction of sp³-hybridized carbons (Fsp3) is 0.282. The summed E-state index contributed by atoms with van der Waals surface area (Å²) in [6.45, 7) is 12.1. The van der Waals surface area contributed by atoms with Gasteiger partial charge in [-0.05, 0) is 61.1 Å². The Hall–Kier alpha value is -4.84. The molecule has 2 heterocycles. The summed E-state index contributed by atoms with van der Waals surface area (Å²) < 4.78 is 3.13. The van der Waals surface area contributed by atoms with Gasteiger partial charge in [0.1, 0.15) is 0 Å². The van der Waals surface area contributed by atoms with E-state index in [9.17, 15) is 20.4 Å². The van der Waals surface area contributed by atoms with E-state index in [0.717, 1.165) is 59.1 Å². The van der Waals surface area contributed by atoms with Crippen LogP contribution >= 0.6 is 0 Å². The molecule has 0 radical (unpaired) electrons. The highest BCUT2D eigenvalue weighted by molar-refractivity contribution is 5.65. The number of hydrogen-bond acceptors (Lipinski definition) is 4. The highest BCUT2D eigenvalue weighted by atomic mass is 16.3.